The third-order valence-electron chi connectivity index (χ3n) is 3.32. The quantitative estimate of drug-likeness (QED) is 0.704. The molecule has 2 fully saturated rings. The van der Waals surface area contributed by atoms with Gasteiger partial charge in [-0.25, -0.2) is 0 Å². The molecule has 0 spiro atoms. The van der Waals surface area contributed by atoms with Gasteiger partial charge in [0, 0.05) is 5.54 Å². The molecule has 3 unspecified atom stereocenters. The topological polar surface area (TPSA) is 33.0 Å². The van der Waals surface area contributed by atoms with Gasteiger partial charge in [0.05, 0.1) is 23.7 Å². The lowest BCUT2D eigenvalue weighted by molar-refractivity contribution is 0.0788. The van der Waals surface area contributed by atoms with Crippen molar-refractivity contribution in [3.05, 3.63) is 11.1 Å². The number of hydrogen-bond acceptors (Lipinski definition) is 2. The second-order valence-corrected chi connectivity index (χ2v) is 4.65. The number of nitriles is 1. The Balaban J connectivity index is 2.16. The molecule has 0 aromatic heterocycles. The fraction of sp³-hybridized carbons (Fsp3) is 0.727. The highest BCUT2D eigenvalue weighted by atomic mass is 35.5. The Bertz CT molecular complexity index is 307. The van der Waals surface area contributed by atoms with E-state index in [1.54, 1.807) is 5.54 Å². The van der Waals surface area contributed by atoms with Crippen molar-refractivity contribution in [1.29, 1.82) is 5.26 Å². The highest BCUT2D eigenvalue weighted by Gasteiger charge is 2.52. The van der Waals surface area contributed by atoms with Crippen molar-refractivity contribution >= 4 is 11.6 Å². The maximum absolute atomic E-state index is 9.28. The predicted molar refractivity (Wildman–Crippen MR) is 54.8 cm³/mol. The van der Waals surface area contributed by atoms with Crippen molar-refractivity contribution in [1.82, 2.24) is 0 Å². The van der Waals surface area contributed by atoms with Gasteiger partial charge in [0.25, 0.3) is 0 Å². The summed E-state index contributed by atoms with van der Waals surface area (Å²) in [4.78, 5) is 0. The van der Waals surface area contributed by atoms with E-state index in [4.69, 9.17) is 16.3 Å². The molecule has 2 saturated heterocycles. The first-order valence-corrected chi connectivity index (χ1v) is 5.46. The van der Waals surface area contributed by atoms with Crippen LogP contribution in [0.15, 0.2) is 11.1 Å². The number of hydrogen-bond donors (Lipinski definition) is 0. The smallest absolute Gasteiger partial charge is 0.0896 e. The van der Waals surface area contributed by atoms with Gasteiger partial charge in [0.2, 0.25) is 0 Å². The van der Waals surface area contributed by atoms with Gasteiger partial charge >= 0.3 is 0 Å². The van der Waals surface area contributed by atoms with Crippen LogP contribution in [-0.2, 0) is 4.74 Å². The van der Waals surface area contributed by atoms with E-state index in [1.807, 2.05) is 6.92 Å². The Morgan fingerprint density at radius 3 is 2.93 bits per heavy atom. The zero-order chi connectivity index (χ0) is 10.2. The van der Waals surface area contributed by atoms with Gasteiger partial charge in [-0.1, -0.05) is 17.2 Å². The number of nitrogens with zero attached hydrogens (tertiary/aromatic N) is 1. The van der Waals surface area contributed by atoms with E-state index in [2.05, 4.69) is 6.07 Å². The van der Waals surface area contributed by atoms with Crippen molar-refractivity contribution in [2.75, 3.05) is 0 Å². The fourth-order valence-corrected chi connectivity index (χ4v) is 2.76. The standard InChI is InChI=1S/C11H14ClNO/c1-8(6-12)4-11(7-13)5-9-2-3-10(11)14-9/h6,9-10H,2-5H2,1H3/b8-6+. The molecule has 76 valence electrons. The van der Waals surface area contributed by atoms with Crippen molar-refractivity contribution < 1.29 is 4.74 Å². The van der Waals surface area contributed by atoms with Crippen LogP contribution in [0.3, 0.4) is 0 Å². The van der Waals surface area contributed by atoms with Crippen LogP contribution in [0.25, 0.3) is 0 Å². The summed E-state index contributed by atoms with van der Waals surface area (Å²) < 4.78 is 5.73. The number of ether oxygens (including phenoxy) is 1. The first-order chi connectivity index (χ1) is 6.70. The van der Waals surface area contributed by atoms with Crippen LogP contribution in [0, 0.1) is 16.7 Å². The lowest BCUT2D eigenvalue weighted by Crippen LogP contribution is -2.31. The lowest BCUT2D eigenvalue weighted by atomic mass is 9.71. The van der Waals surface area contributed by atoms with Crippen LogP contribution in [0.2, 0.25) is 0 Å². The third-order valence-corrected chi connectivity index (χ3v) is 3.69. The highest BCUT2D eigenvalue weighted by Crippen LogP contribution is 2.50. The van der Waals surface area contributed by atoms with Crippen molar-refractivity contribution in [2.24, 2.45) is 5.41 Å². The molecule has 0 N–H and O–H groups in total. The molecule has 3 atom stereocenters. The van der Waals surface area contributed by atoms with Gasteiger partial charge in [-0.15, -0.1) is 0 Å². The van der Waals surface area contributed by atoms with E-state index in [-0.39, 0.29) is 11.5 Å². The molecular formula is C11H14ClNO. The summed E-state index contributed by atoms with van der Waals surface area (Å²) >= 11 is 5.64. The molecule has 0 aromatic carbocycles. The zero-order valence-electron chi connectivity index (χ0n) is 8.29. The lowest BCUT2D eigenvalue weighted by Gasteiger charge is -2.28. The molecule has 0 radical (unpaired) electrons. The molecule has 2 heterocycles. The average Bonchev–Trinajstić information content (AvgIpc) is 2.77. The molecule has 3 heteroatoms. The van der Waals surface area contributed by atoms with Gasteiger partial charge in [-0.2, -0.15) is 5.26 Å². The zero-order valence-corrected chi connectivity index (χ0v) is 9.05. The molecule has 14 heavy (non-hydrogen) atoms. The maximum Gasteiger partial charge on any atom is 0.0896 e. The summed E-state index contributed by atoms with van der Waals surface area (Å²) in [7, 11) is 0. The monoisotopic (exact) mass is 211 g/mol. The van der Waals surface area contributed by atoms with Gasteiger partial charge < -0.3 is 4.74 Å². The van der Waals surface area contributed by atoms with Crippen LogP contribution in [0.1, 0.15) is 32.6 Å². The first kappa shape index (κ1) is 10.0. The van der Waals surface area contributed by atoms with Crippen LogP contribution >= 0.6 is 11.6 Å². The SMILES string of the molecule is C/C(=C\Cl)CC1(C#N)CC2CCC1O2. The predicted octanol–water partition coefficient (Wildman–Crippen LogP) is 2.98. The van der Waals surface area contributed by atoms with Crippen molar-refractivity contribution in [3.8, 4) is 6.07 Å². The van der Waals surface area contributed by atoms with Crippen LogP contribution in [-0.4, -0.2) is 12.2 Å². The molecular weight excluding hydrogens is 198 g/mol. The van der Waals surface area contributed by atoms with Gasteiger partial charge in [0.15, 0.2) is 0 Å². The Morgan fingerprint density at radius 2 is 2.50 bits per heavy atom. The first-order valence-electron chi connectivity index (χ1n) is 5.03. The van der Waals surface area contributed by atoms with E-state index >= 15 is 0 Å². The van der Waals surface area contributed by atoms with Crippen LogP contribution in [0.4, 0.5) is 0 Å². The Morgan fingerprint density at radius 1 is 1.71 bits per heavy atom. The van der Waals surface area contributed by atoms with E-state index in [0.29, 0.717) is 6.10 Å². The number of allylic oxidation sites excluding steroid dienone is 1. The summed E-state index contributed by atoms with van der Waals surface area (Å²) in [5, 5.41) is 9.28. The summed E-state index contributed by atoms with van der Waals surface area (Å²) in [6, 6.07) is 2.45. The number of rotatable bonds is 2. The van der Waals surface area contributed by atoms with Gasteiger partial charge in [-0.05, 0) is 32.6 Å². The Kier molecular flexibility index (Phi) is 2.55. The Labute approximate surface area is 89.5 Å². The van der Waals surface area contributed by atoms with E-state index in [1.165, 1.54) is 0 Å². The molecule has 2 aliphatic rings. The van der Waals surface area contributed by atoms with Crippen LogP contribution < -0.4 is 0 Å². The van der Waals surface area contributed by atoms with E-state index in [9.17, 15) is 5.26 Å². The maximum atomic E-state index is 9.28. The minimum absolute atomic E-state index is 0.143. The highest BCUT2D eigenvalue weighted by molar-refractivity contribution is 6.25. The van der Waals surface area contributed by atoms with Gasteiger partial charge in [0.1, 0.15) is 0 Å². The molecule has 2 aliphatic heterocycles. The van der Waals surface area contributed by atoms with E-state index in [0.717, 1.165) is 31.3 Å². The van der Waals surface area contributed by atoms with Crippen molar-refractivity contribution in [3.63, 3.8) is 0 Å². The molecule has 0 aromatic rings. The molecule has 0 saturated carbocycles. The number of fused-ring (bicyclic) bond motifs is 2. The summed E-state index contributed by atoms with van der Waals surface area (Å²) in [5.74, 6) is 0. The number of halogens is 1. The minimum atomic E-state index is -0.293. The molecule has 2 rings (SSSR count). The normalized spacial score (nSPS) is 41.4. The summed E-state index contributed by atoms with van der Waals surface area (Å²) in [6.45, 7) is 1.97. The Hall–Kier alpha value is -0.520. The van der Waals surface area contributed by atoms with E-state index < -0.39 is 0 Å². The molecule has 2 bridgehead atoms. The fourth-order valence-electron chi connectivity index (χ4n) is 2.68. The summed E-state index contributed by atoms with van der Waals surface area (Å²) in [5.41, 5.74) is 2.35. The molecule has 0 amide bonds. The second-order valence-electron chi connectivity index (χ2n) is 4.43. The van der Waals surface area contributed by atoms with Gasteiger partial charge in [-0.3, -0.25) is 0 Å². The minimum Gasteiger partial charge on any atom is -0.373 e. The molecule has 2 nitrogen and oxygen atoms in total. The van der Waals surface area contributed by atoms with Crippen molar-refractivity contribution in [2.45, 2.75) is 44.8 Å². The second kappa shape index (κ2) is 3.56. The third kappa shape index (κ3) is 1.45. The molecule has 0 aliphatic carbocycles. The average molecular weight is 212 g/mol. The van der Waals surface area contributed by atoms with Crippen LogP contribution in [0.5, 0.6) is 0 Å². The summed E-state index contributed by atoms with van der Waals surface area (Å²) in [6.07, 6.45) is 4.27. The largest absolute Gasteiger partial charge is 0.373 e.